The van der Waals surface area contributed by atoms with E-state index in [1.807, 2.05) is 37.3 Å². The number of carbonyl (C=O) groups is 1. The van der Waals surface area contributed by atoms with E-state index in [4.69, 9.17) is 4.42 Å². The van der Waals surface area contributed by atoms with Gasteiger partial charge in [-0.2, -0.15) is 0 Å². The zero-order valence-corrected chi connectivity index (χ0v) is 12.1. The molecule has 1 unspecified atom stereocenters. The van der Waals surface area contributed by atoms with Crippen molar-refractivity contribution in [2.45, 2.75) is 26.3 Å². The fourth-order valence-corrected chi connectivity index (χ4v) is 2.16. The molecule has 20 heavy (non-hydrogen) atoms. The van der Waals surface area contributed by atoms with Gasteiger partial charge in [-0.25, -0.2) is 0 Å². The summed E-state index contributed by atoms with van der Waals surface area (Å²) in [5, 5.41) is 6.07. The molecular weight excluding hydrogens is 252 g/mol. The van der Waals surface area contributed by atoms with E-state index < -0.39 is 0 Å². The van der Waals surface area contributed by atoms with Crippen molar-refractivity contribution in [3.05, 3.63) is 53.5 Å². The van der Waals surface area contributed by atoms with Gasteiger partial charge in [-0.3, -0.25) is 4.79 Å². The van der Waals surface area contributed by atoms with E-state index in [0.29, 0.717) is 5.56 Å². The Kier molecular flexibility index (Phi) is 4.45. The molecule has 0 radical (unpaired) electrons. The lowest BCUT2D eigenvalue weighted by atomic mass is 10.1. The maximum absolute atomic E-state index is 11.6. The second-order valence-electron chi connectivity index (χ2n) is 4.94. The first kappa shape index (κ1) is 14.2. The normalized spacial score (nSPS) is 11.9. The summed E-state index contributed by atoms with van der Waals surface area (Å²) in [6, 6.07) is 9.78. The van der Waals surface area contributed by atoms with Gasteiger partial charge in [0.1, 0.15) is 5.76 Å². The Balaban J connectivity index is 2.04. The third-order valence-corrected chi connectivity index (χ3v) is 3.21. The van der Waals surface area contributed by atoms with Crippen LogP contribution < -0.4 is 10.6 Å². The van der Waals surface area contributed by atoms with Gasteiger partial charge in [0, 0.05) is 30.8 Å². The summed E-state index contributed by atoms with van der Waals surface area (Å²) < 4.78 is 5.34. The van der Waals surface area contributed by atoms with Crippen molar-refractivity contribution >= 4 is 11.6 Å². The smallest absolute Gasteiger partial charge is 0.251 e. The van der Waals surface area contributed by atoms with Crippen molar-refractivity contribution in [2.24, 2.45) is 0 Å². The highest BCUT2D eigenvalue weighted by Crippen LogP contribution is 2.18. The number of hydrogen-bond acceptors (Lipinski definition) is 3. The molecule has 1 aromatic carbocycles. The third-order valence-electron chi connectivity index (χ3n) is 3.21. The Labute approximate surface area is 119 Å². The number of amides is 1. The van der Waals surface area contributed by atoms with Gasteiger partial charge in [0.25, 0.3) is 5.91 Å². The monoisotopic (exact) mass is 272 g/mol. The average molecular weight is 272 g/mol. The van der Waals surface area contributed by atoms with Crippen LogP contribution in [0.2, 0.25) is 0 Å². The lowest BCUT2D eigenvalue weighted by Gasteiger charge is -2.16. The predicted molar refractivity (Wildman–Crippen MR) is 80.1 cm³/mol. The predicted octanol–water partition coefficient (Wildman–Crippen LogP) is 2.99. The number of carbonyl (C=O) groups excluding carboxylic acids is 1. The largest absolute Gasteiger partial charge is 0.469 e. The van der Waals surface area contributed by atoms with Crippen LogP contribution in [0.4, 0.5) is 5.69 Å². The molecule has 2 N–H and O–H groups in total. The second kappa shape index (κ2) is 6.28. The van der Waals surface area contributed by atoms with Crippen LogP contribution in [0.15, 0.2) is 41.0 Å². The van der Waals surface area contributed by atoms with Gasteiger partial charge in [0.05, 0.1) is 6.26 Å². The molecule has 2 rings (SSSR count). The number of rotatable bonds is 5. The first-order valence-corrected chi connectivity index (χ1v) is 6.72. The molecule has 1 atom stereocenters. The maximum atomic E-state index is 11.6. The number of nitrogens with one attached hydrogen (secondary N) is 2. The van der Waals surface area contributed by atoms with E-state index in [2.05, 4.69) is 17.6 Å². The van der Waals surface area contributed by atoms with Crippen molar-refractivity contribution in [3.8, 4) is 0 Å². The molecule has 1 aromatic heterocycles. The number of hydrogen-bond donors (Lipinski definition) is 2. The first-order chi connectivity index (χ1) is 9.60. The number of aryl methyl sites for hydroxylation is 1. The Hall–Kier alpha value is -2.23. The molecule has 4 heteroatoms. The van der Waals surface area contributed by atoms with Crippen molar-refractivity contribution in [1.29, 1.82) is 0 Å². The Morgan fingerprint density at radius 3 is 2.75 bits per heavy atom. The molecule has 2 aromatic rings. The van der Waals surface area contributed by atoms with Gasteiger partial charge in [-0.1, -0.05) is 0 Å². The highest BCUT2D eigenvalue weighted by molar-refractivity contribution is 5.94. The topological polar surface area (TPSA) is 54.3 Å². The molecule has 4 nitrogen and oxygen atoms in total. The Morgan fingerprint density at radius 1 is 1.35 bits per heavy atom. The SMILES string of the molecule is CNC(=O)c1ccc(NC(C)Cc2ccco2)c(C)c1. The summed E-state index contributed by atoms with van der Waals surface area (Å²) >= 11 is 0. The Bertz CT molecular complexity index is 576. The van der Waals surface area contributed by atoms with Crippen LogP contribution in [-0.2, 0) is 6.42 Å². The zero-order chi connectivity index (χ0) is 14.5. The van der Waals surface area contributed by atoms with Crippen LogP contribution in [0.3, 0.4) is 0 Å². The van der Waals surface area contributed by atoms with Crippen LogP contribution in [0.25, 0.3) is 0 Å². The van der Waals surface area contributed by atoms with Crippen LogP contribution >= 0.6 is 0 Å². The summed E-state index contributed by atoms with van der Waals surface area (Å²) in [4.78, 5) is 11.6. The summed E-state index contributed by atoms with van der Waals surface area (Å²) in [6.45, 7) is 4.10. The summed E-state index contributed by atoms with van der Waals surface area (Å²) in [7, 11) is 1.63. The molecule has 0 aliphatic heterocycles. The molecule has 0 fully saturated rings. The van der Waals surface area contributed by atoms with E-state index in [-0.39, 0.29) is 11.9 Å². The molecular formula is C16H20N2O2. The molecule has 1 amide bonds. The quantitative estimate of drug-likeness (QED) is 0.879. The fraction of sp³-hybridized carbons (Fsp3) is 0.312. The molecule has 0 aliphatic rings. The highest BCUT2D eigenvalue weighted by atomic mass is 16.3. The van der Waals surface area contributed by atoms with E-state index in [1.165, 1.54) is 0 Å². The van der Waals surface area contributed by atoms with Crippen molar-refractivity contribution in [1.82, 2.24) is 5.32 Å². The van der Waals surface area contributed by atoms with Gasteiger partial charge in [0.2, 0.25) is 0 Å². The molecule has 0 saturated carbocycles. The molecule has 0 bridgehead atoms. The molecule has 0 spiro atoms. The number of anilines is 1. The number of benzene rings is 1. The van der Waals surface area contributed by atoms with Crippen LogP contribution in [0.1, 0.15) is 28.6 Å². The van der Waals surface area contributed by atoms with E-state index in [0.717, 1.165) is 23.4 Å². The van der Waals surface area contributed by atoms with Gasteiger partial charge in [-0.15, -0.1) is 0 Å². The minimum absolute atomic E-state index is 0.0664. The third kappa shape index (κ3) is 3.41. The molecule has 1 heterocycles. The van der Waals surface area contributed by atoms with Crippen molar-refractivity contribution < 1.29 is 9.21 Å². The maximum Gasteiger partial charge on any atom is 0.251 e. The number of furan rings is 1. The van der Waals surface area contributed by atoms with Crippen molar-refractivity contribution in [2.75, 3.05) is 12.4 Å². The lowest BCUT2D eigenvalue weighted by Crippen LogP contribution is -2.20. The standard InChI is InChI=1S/C16H20N2O2/c1-11-9-13(16(19)17-3)6-7-15(11)18-12(2)10-14-5-4-8-20-14/h4-9,12,18H,10H2,1-3H3,(H,17,19). The van der Waals surface area contributed by atoms with E-state index >= 15 is 0 Å². The fourth-order valence-electron chi connectivity index (χ4n) is 2.16. The minimum Gasteiger partial charge on any atom is -0.469 e. The zero-order valence-electron chi connectivity index (χ0n) is 12.1. The van der Waals surface area contributed by atoms with Gasteiger partial charge < -0.3 is 15.1 Å². The van der Waals surface area contributed by atoms with Crippen LogP contribution in [-0.4, -0.2) is 19.0 Å². The van der Waals surface area contributed by atoms with E-state index in [9.17, 15) is 4.79 Å². The van der Waals surface area contributed by atoms with Crippen LogP contribution in [0.5, 0.6) is 0 Å². The van der Waals surface area contributed by atoms with Gasteiger partial charge >= 0.3 is 0 Å². The first-order valence-electron chi connectivity index (χ1n) is 6.72. The highest BCUT2D eigenvalue weighted by Gasteiger charge is 2.09. The molecule has 106 valence electrons. The van der Waals surface area contributed by atoms with Crippen LogP contribution in [0, 0.1) is 6.92 Å². The van der Waals surface area contributed by atoms with Crippen molar-refractivity contribution in [3.63, 3.8) is 0 Å². The summed E-state index contributed by atoms with van der Waals surface area (Å²) in [6.07, 6.45) is 2.51. The lowest BCUT2D eigenvalue weighted by molar-refractivity contribution is 0.0963. The van der Waals surface area contributed by atoms with Gasteiger partial charge in [-0.05, 0) is 49.7 Å². The summed E-state index contributed by atoms with van der Waals surface area (Å²) in [5.41, 5.74) is 2.77. The summed E-state index contributed by atoms with van der Waals surface area (Å²) in [5.74, 6) is 0.896. The van der Waals surface area contributed by atoms with Gasteiger partial charge in [0.15, 0.2) is 0 Å². The molecule has 0 aliphatic carbocycles. The molecule has 0 saturated heterocycles. The minimum atomic E-state index is -0.0664. The Morgan fingerprint density at radius 2 is 2.15 bits per heavy atom. The second-order valence-corrected chi connectivity index (χ2v) is 4.94. The average Bonchev–Trinajstić information content (AvgIpc) is 2.93. The van der Waals surface area contributed by atoms with E-state index in [1.54, 1.807) is 13.3 Å².